The van der Waals surface area contributed by atoms with Crippen molar-refractivity contribution in [3.05, 3.63) is 45.2 Å². The molecule has 2 aliphatic carbocycles. The first-order valence-electron chi connectivity index (χ1n) is 11.2. The highest BCUT2D eigenvalue weighted by Gasteiger charge is 2.29. The molecule has 5 nitrogen and oxygen atoms in total. The van der Waals surface area contributed by atoms with E-state index >= 15 is 0 Å². The average Bonchev–Trinajstić information content (AvgIpc) is 3.25. The first kappa shape index (κ1) is 20.0. The van der Waals surface area contributed by atoms with E-state index in [0.29, 0.717) is 12.1 Å². The standard InChI is InChI=1S/C24H33N3O2/c1-16-12-13-18-14-19(23(28)26-22(18)17(16)2)15-27(21-10-6-7-11-21)24(29)25-20-8-4-3-5-9-20/h12-14,20-21H,3-11,15H2,1-2H3,(H,25,29)(H,26,28). The fraction of sp³-hybridized carbons (Fsp3) is 0.583. The molecule has 2 amide bonds. The largest absolute Gasteiger partial charge is 0.335 e. The maximum atomic E-state index is 13.2. The van der Waals surface area contributed by atoms with E-state index in [9.17, 15) is 9.59 Å². The van der Waals surface area contributed by atoms with Crippen LogP contribution in [-0.4, -0.2) is 28.0 Å². The van der Waals surface area contributed by atoms with Crippen molar-refractivity contribution in [2.45, 2.75) is 90.3 Å². The molecule has 1 aromatic carbocycles. The van der Waals surface area contributed by atoms with Gasteiger partial charge in [-0.2, -0.15) is 0 Å². The smallest absolute Gasteiger partial charge is 0.318 e. The Morgan fingerprint density at radius 3 is 2.48 bits per heavy atom. The van der Waals surface area contributed by atoms with Crippen LogP contribution in [0.15, 0.2) is 23.0 Å². The van der Waals surface area contributed by atoms with Crippen LogP contribution in [0.4, 0.5) is 4.79 Å². The summed E-state index contributed by atoms with van der Waals surface area (Å²) >= 11 is 0. The molecule has 0 spiro atoms. The van der Waals surface area contributed by atoms with Crippen LogP contribution in [0.2, 0.25) is 0 Å². The fourth-order valence-electron chi connectivity index (χ4n) is 4.96. The molecule has 0 saturated heterocycles. The molecule has 0 unspecified atom stereocenters. The minimum Gasteiger partial charge on any atom is -0.335 e. The predicted octanol–water partition coefficient (Wildman–Crippen LogP) is 4.93. The zero-order valence-corrected chi connectivity index (χ0v) is 17.7. The van der Waals surface area contributed by atoms with Gasteiger partial charge in [0.15, 0.2) is 0 Å². The van der Waals surface area contributed by atoms with Crippen LogP contribution in [0.1, 0.15) is 74.5 Å². The van der Waals surface area contributed by atoms with Crippen molar-refractivity contribution in [3.63, 3.8) is 0 Å². The lowest BCUT2D eigenvalue weighted by molar-refractivity contribution is 0.164. The van der Waals surface area contributed by atoms with Crippen molar-refractivity contribution in [2.75, 3.05) is 0 Å². The molecule has 29 heavy (non-hydrogen) atoms. The van der Waals surface area contributed by atoms with Crippen LogP contribution < -0.4 is 10.9 Å². The molecular formula is C24H33N3O2. The lowest BCUT2D eigenvalue weighted by Crippen LogP contribution is -2.49. The summed E-state index contributed by atoms with van der Waals surface area (Å²) in [5.74, 6) is 0. The van der Waals surface area contributed by atoms with Gasteiger partial charge < -0.3 is 15.2 Å². The quantitative estimate of drug-likeness (QED) is 0.771. The number of aryl methyl sites for hydroxylation is 2. The number of nitrogens with zero attached hydrogens (tertiary/aromatic N) is 1. The number of rotatable bonds is 4. The summed E-state index contributed by atoms with van der Waals surface area (Å²) < 4.78 is 0. The second-order valence-electron chi connectivity index (χ2n) is 8.95. The van der Waals surface area contributed by atoms with Gasteiger partial charge in [0.2, 0.25) is 0 Å². The zero-order valence-electron chi connectivity index (χ0n) is 17.7. The number of fused-ring (bicyclic) bond motifs is 1. The zero-order chi connectivity index (χ0) is 20.4. The van der Waals surface area contributed by atoms with Crippen molar-refractivity contribution in [3.8, 4) is 0 Å². The van der Waals surface area contributed by atoms with Gasteiger partial charge in [-0.05, 0) is 62.1 Å². The van der Waals surface area contributed by atoms with Crippen molar-refractivity contribution >= 4 is 16.9 Å². The third-order valence-electron chi connectivity index (χ3n) is 6.93. The van der Waals surface area contributed by atoms with Gasteiger partial charge >= 0.3 is 6.03 Å². The van der Waals surface area contributed by atoms with Gasteiger partial charge in [-0.3, -0.25) is 4.79 Å². The van der Waals surface area contributed by atoms with Crippen molar-refractivity contribution in [2.24, 2.45) is 0 Å². The molecule has 4 rings (SSSR count). The first-order valence-corrected chi connectivity index (χ1v) is 11.2. The molecule has 2 aliphatic rings. The Hall–Kier alpha value is -2.30. The number of amides is 2. The number of benzene rings is 1. The number of aromatic amines is 1. The molecule has 0 bridgehead atoms. The van der Waals surface area contributed by atoms with Crippen LogP contribution in [0.3, 0.4) is 0 Å². The topological polar surface area (TPSA) is 65.2 Å². The Kier molecular flexibility index (Phi) is 5.93. The monoisotopic (exact) mass is 395 g/mol. The van der Waals surface area contributed by atoms with Crippen LogP contribution in [-0.2, 0) is 6.54 Å². The average molecular weight is 396 g/mol. The molecule has 2 fully saturated rings. The van der Waals surface area contributed by atoms with Gasteiger partial charge in [-0.25, -0.2) is 4.79 Å². The number of nitrogens with one attached hydrogen (secondary N) is 2. The lowest BCUT2D eigenvalue weighted by Gasteiger charge is -2.32. The number of hydrogen-bond donors (Lipinski definition) is 2. The summed E-state index contributed by atoms with van der Waals surface area (Å²) in [6.45, 7) is 4.47. The van der Waals surface area contributed by atoms with E-state index in [2.05, 4.69) is 29.4 Å². The number of pyridine rings is 1. The molecule has 0 aliphatic heterocycles. The molecule has 2 N–H and O–H groups in total. The van der Waals surface area contributed by atoms with E-state index in [1.165, 1.54) is 24.8 Å². The Morgan fingerprint density at radius 1 is 1.07 bits per heavy atom. The fourth-order valence-corrected chi connectivity index (χ4v) is 4.96. The molecule has 2 aromatic rings. The van der Waals surface area contributed by atoms with E-state index in [0.717, 1.165) is 55.0 Å². The van der Waals surface area contributed by atoms with E-state index in [-0.39, 0.29) is 23.7 Å². The van der Waals surface area contributed by atoms with E-state index in [4.69, 9.17) is 0 Å². The molecule has 0 atom stereocenters. The predicted molar refractivity (Wildman–Crippen MR) is 117 cm³/mol. The number of H-pyrrole nitrogens is 1. The number of urea groups is 1. The molecule has 2 saturated carbocycles. The van der Waals surface area contributed by atoms with Crippen molar-refractivity contribution < 1.29 is 4.79 Å². The molecule has 0 radical (unpaired) electrons. The van der Waals surface area contributed by atoms with E-state index in [1.54, 1.807) is 0 Å². The highest BCUT2D eigenvalue weighted by atomic mass is 16.2. The second-order valence-corrected chi connectivity index (χ2v) is 8.95. The number of hydrogen-bond acceptors (Lipinski definition) is 2. The Morgan fingerprint density at radius 2 is 1.76 bits per heavy atom. The van der Waals surface area contributed by atoms with Crippen molar-refractivity contribution in [1.82, 2.24) is 15.2 Å². The molecule has 156 valence electrons. The first-order chi connectivity index (χ1) is 14.0. The van der Waals surface area contributed by atoms with Gasteiger partial charge in [0.05, 0.1) is 12.1 Å². The summed E-state index contributed by atoms with van der Waals surface area (Å²) in [6.07, 6.45) is 10.2. The van der Waals surface area contributed by atoms with E-state index < -0.39 is 0 Å². The summed E-state index contributed by atoms with van der Waals surface area (Å²) in [5.41, 5.74) is 3.76. The minimum absolute atomic E-state index is 0.00313. The maximum Gasteiger partial charge on any atom is 0.318 e. The van der Waals surface area contributed by atoms with Crippen LogP contribution in [0.25, 0.3) is 10.9 Å². The Balaban J connectivity index is 1.60. The third kappa shape index (κ3) is 4.34. The van der Waals surface area contributed by atoms with Crippen molar-refractivity contribution in [1.29, 1.82) is 0 Å². The van der Waals surface area contributed by atoms with Gasteiger partial charge in [-0.1, -0.05) is 44.2 Å². The Labute approximate surface area is 172 Å². The van der Waals surface area contributed by atoms with Crippen LogP contribution in [0.5, 0.6) is 0 Å². The highest BCUT2D eigenvalue weighted by molar-refractivity contribution is 5.83. The second kappa shape index (κ2) is 8.60. The van der Waals surface area contributed by atoms with Gasteiger partial charge in [0.25, 0.3) is 5.56 Å². The number of carbonyl (C=O) groups is 1. The van der Waals surface area contributed by atoms with Gasteiger partial charge in [0.1, 0.15) is 0 Å². The minimum atomic E-state index is -0.0836. The number of aromatic nitrogens is 1. The normalized spacial score (nSPS) is 18.3. The third-order valence-corrected chi connectivity index (χ3v) is 6.93. The molecule has 1 aromatic heterocycles. The molecule has 5 heteroatoms. The van der Waals surface area contributed by atoms with Gasteiger partial charge in [0, 0.05) is 17.6 Å². The maximum absolute atomic E-state index is 13.2. The highest BCUT2D eigenvalue weighted by Crippen LogP contribution is 2.26. The Bertz CT molecular complexity index is 937. The summed E-state index contributed by atoms with van der Waals surface area (Å²) in [7, 11) is 0. The number of carbonyl (C=O) groups excluding carboxylic acids is 1. The van der Waals surface area contributed by atoms with Crippen LogP contribution >= 0.6 is 0 Å². The van der Waals surface area contributed by atoms with Crippen LogP contribution in [0, 0.1) is 13.8 Å². The molecule has 1 heterocycles. The van der Waals surface area contributed by atoms with E-state index in [1.807, 2.05) is 17.9 Å². The molecular weight excluding hydrogens is 362 g/mol. The van der Waals surface area contributed by atoms with Gasteiger partial charge in [-0.15, -0.1) is 0 Å². The lowest BCUT2D eigenvalue weighted by atomic mass is 9.96. The summed E-state index contributed by atoms with van der Waals surface area (Å²) in [4.78, 5) is 31.0. The summed E-state index contributed by atoms with van der Waals surface area (Å²) in [5, 5.41) is 4.29. The summed E-state index contributed by atoms with van der Waals surface area (Å²) in [6, 6.07) is 6.62. The SMILES string of the molecule is Cc1ccc2cc(CN(C(=O)NC3CCCCC3)C3CCCC3)c(=O)[nH]c2c1C.